The van der Waals surface area contributed by atoms with Gasteiger partial charge in [-0.05, 0) is 203 Å². The molecular weight excluding hydrogens is 1700 g/mol. The summed E-state index contributed by atoms with van der Waals surface area (Å²) < 4.78 is 37.4. The van der Waals surface area contributed by atoms with Crippen LogP contribution in [-0.2, 0) is 118 Å². The summed E-state index contributed by atoms with van der Waals surface area (Å²) in [7, 11) is 0. The fourth-order valence-electron chi connectivity index (χ4n) is 20.3. The van der Waals surface area contributed by atoms with Gasteiger partial charge < -0.3 is 73.5 Å². The van der Waals surface area contributed by atoms with Gasteiger partial charge in [-0.25, -0.2) is 63.1 Å². The number of hydrogen-bond donors (Lipinski definition) is 3. The van der Waals surface area contributed by atoms with Crippen LogP contribution >= 0.6 is 0 Å². The van der Waals surface area contributed by atoms with E-state index in [1.165, 1.54) is 21.1 Å². The predicted molar refractivity (Wildman–Crippen MR) is 458 cm³/mol. The SMILES string of the molecule is CC[C@@H]1[C@@H]2CN(C(=O)[C@H](C(C)(C)C)NC(=O)O[C@@H]3CC4CC4[C@H]3CCCCCc3nc4ccccc4nc3O2)[C@@H]1[C-]=O.CC[C@@H]1[C@@H]2CN(C(=O)[C@H](C(C)(C)C)NC(=O)O[C@]3(C)CCC[C@H]3CCCCCc3nc4ccccc4nc3O2)[C@@H]1[C-]=O.C[C@@H]1[C@@H]2CN(C(=O)[C@H](C(C)(C)C)NC(=O)O[C@@H]3C[C@H]3CCCCCc3nc4ccccc4nc3O2)[C@@H]1[C-]=O.[V].[V].[V]. The minimum absolute atomic E-state index is 0. The maximum Gasteiger partial charge on any atom is 0.408 e. The summed E-state index contributed by atoms with van der Waals surface area (Å²) in [6.07, 6.45) is 24.2. The fraction of sp³-hybridized carbons (Fsp3) is 0.653. The summed E-state index contributed by atoms with van der Waals surface area (Å²) in [6.45, 7) is 25.5. The Hall–Kier alpha value is -7.94. The fourth-order valence-corrected chi connectivity index (χ4v) is 20.3. The Bertz CT molecular complexity index is 4720. The van der Waals surface area contributed by atoms with Gasteiger partial charge in [0.05, 0.1) is 52.7 Å². The maximum atomic E-state index is 14.1. The molecule has 6 bridgehead atoms. The molecule has 7 fully saturated rings. The van der Waals surface area contributed by atoms with Gasteiger partial charge >= 0.3 is 18.3 Å². The number of nitrogens with one attached hydrogen (secondary N) is 3. The number of amides is 6. The predicted octanol–water partition coefficient (Wildman–Crippen LogP) is 14.5. The van der Waals surface area contributed by atoms with Crippen LogP contribution in [0.1, 0.15) is 236 Å². The van der Waals surface area contributed by atoms with Gasteiger partial charge in [-0.2, -0.15) is 0 Å². The van der Waals surface area contributed by atoms with Gasteiger partial charge in [-0.15, -0.1) is 0 Å². The van der Waals surface area contributed by atoms with E-state index in [9.17, 15) is 43.2 Å². The van der Waals surface area contributed by atoms with Crippen LogP contribution in [0.15, 0.2) is 72.8 Å². The van der Waals surface area contributed by atoms with Gasteiger partial charge in [0.25, 0.3) is 0 Å². The van der Waals surface area contributed by atoms with Crippen molar-refractivity contribution in [1.29, 1.82) is 0 Å². The van der Waals surface area contributed by atoms with E-state index >= 15 is 0 Å². The summed E-state index contributed by atoms with van der Waals surface area (Å²) in [5.74, 6) is 1.79. The van der Waals surface area contributed by atoms with Crippen LogP contribution in [0.3, 0.4) is 0 Å². The van der Waals surface area contributed by atoms with E-state index in [0.717, 1.165) is 179 Å². The van der Waals surface area contributed by atoms with Crippen molar-refractivity contribution >= 4 is 88.0 Å². The third-order valence-corrected chi connectivity index (χ3v) is 27.6. The van der Waals surface area contributed by atoms with E-state index in [1.54, 1.807) is 0 Å². The Kier molecular flexibility index (Phi) is 32.5. The van der Waals surface area contributed by atoms with E-state index in [2.05, 4.69) is 28.5 Å². The average molecular weight is 1830 g/mol. The number of carbonyl (C=O) groups is 6. The minimum atomic E-state index is -0.893. The first kappa shape index (κ1) is 97.7. The van der Waals surface area contributed by atoms with Crippen molar-refractivity contribution in [1.82, 2.24) is 60.6 Å². The topological polar surface area (TPSA) is 332 Å². The second-order valence-corrected chi connectivity index (χ2v) is 39.4. The largest absolute Gasteiger partial charge is 0.540 e. The van der Waals surface area contributed by atoms with Crippen LogP contribution in [-0.4, -0.2) is 191 Å². The van der Waals surface area contributed by atoms with Crippen molar-refractivity contribution in [3.63, 3.8) is 0 Å². The molecule has 3 saturated heterocycles. The monoisotopic (exact) mass is 1830 g/mol. The van der Waals surface area contributed by atoms with Crippen molar-refractivity contribution in [2.75, 3.05) is 19.6 Å². The smallest absolute Gasteiger partial charge is 0.408 e. The molecule has 0 spiro atoms. The van der Waals surface area contributed by atoms with E-state index < -0.39 is 94.7 Å². The molecule has 2 unspecified atom stereocenters. The minimum Gasteiger partial charge on any atom is -0.540 e. The van der Waals surface area contributed by atoms with Gasteiger partial charge in [0.2, 0.25) is 35.4 Å². The number of para-hydroxylation sites is 6. The first-order valence-corrected chi connectivity index (χ1v) is 45.1. The molecule has 30 heteroatoms. The molecule has 9 heterocycles. The quantitative estimate of drug-likeness (QED) is 0.107. The molecule has 6 aliphatic heterocycles. The summed E-state index contributed by atoms with van der Waals surface area (Å²) in [5.41, 5.74) is 4.67. The number of fused-ring (bicyclic) bond motifs is 17. The molecule has 673 valence electrons. The van der Waals surface area contributed by atoms with E-state index in [0.29, 0.717) is 54.2 Å². The van der Waals surface area contributed by atoms with Gasteiger partial charge in [-0.3, -0.25) is 14.4 Å². The number of aromatic nitrogens is 6. The van der Waals surface area contributed by atoms with Crippen LogP contribution in [0.25, 0.3) is 33.1 Å². The summed E-state index contributed by atoms with van der Waals surface area (Å²) in [5, 5.41) is 8.60. The molecule has 27 nitrogen and oxygen atoms in total. The van der Waals surface area contributed by atoms with Gasteiger partial charge in [0.15, 0.2) is 0 Å². The van der Waals surface area contributed by atoms with Gasteiger partial charge in [0, 0.05) is 55.7 Å². The van der Waals surface area contributed by atoms with Crippen LogP contribution in [0.2, 0.25) is 0 Å². The van der Waals surface area contributed by atoms with Crippen molar-refractivity contribution in [3.05, 3.63) is 89.9 Å². The number of nitrogens with zero attached hydrogens (tertiary/aromatic N) is 9. The zero-order valence-electron chi connectivity index (χ0n) is 74.8. The molecule has 4 saturated carbocycles. The number of alkyl carbamates (subject to hydrolysis) is 3. The Morgan fingerprint density at radius 2 is 0.768 bits per heavy atom. The van der Waals surface area contributed by atoms with Crippen LogP contribution in [0.4, 0.5) is 14.4 Å². The molecule has 3 radical (unpaired) electrons. The number of aryl methyl sites for hydroxylation is 3. The molecule has 4 aliphatic carbocycles. The van der Waals surface area contributed by atoms with Crippen molar-refractivity contribution < 1.29 is 127 Å². The molecular formula is C95H125N12O15V3-3. The van der Waals surface area contributed by atoms with Crippen molar-refractivity contribution in [2.45, 2.75) is 310 Å². The molecule has 3 aromatic heterocycles. The van der Waals surface area contributed by atoms with Crippen molar-refractivity contribution in [2.24, 2.45) is 63.6 Å². The summed E-state index contributed by atoms with van der Waals surface area (Å²) in [4.78, 5) is 152. The van der Waals surface area contributed by atoms with Crippen molar-refractivity contribution in [3.8, 4) is 17.6 Å². The van der Waals surface area contributed by atoms with Gasteiger partial charge in [-0.1, -0.05) is 189 Å². The molecule has 3 N–H and O–H groups in total. The standard InChI is InChI=1S/C33H43N4O5.C33H45N4O5.C29H37N4O5.3V/c1-5-20-26(18-38)37-17-28(20)41-30-25(34-23-12-9-10-13-24(23)35-30)14-8-6-7-11-21-22-15-19(22)16-27(21)42-32(40)36-29(31(37)39)33(2,3)4;1-6-22-26(20-38)37-19-27(22)41-29-25(34-23-15-10-11-16-24(23)35-29)17-9-7-8-13-21-14-12-18-33(21,5)42-31(40)36-28(30(37)39)32(2,3)4;1-17-22(16-34)33-15-24(17)37-26-21(30-19-11-8-9-12-20(19)31-26)13-7-5-6-10-18-14-23(18)38-28(36)32-25(27(33)35)29(2,3)4;;;/h9-10,12-13,19-22,26-29H,5-8,11,14-17H2,1-4H3,(H,36,40);10-11,15-16,21-22,26-28H,6-9,12-14,17-19H2,1-5H3,(H,36,40);8-9,11-12,17-18,22-25H,5-7,10,13-15H2,1-4H3,(H,32,36);;;/q3*-1;;;/t19?,20-,21+,22?,26+,27+,28-,29+;21-,22+,26-,27+,28-,33-;17-,18+,22+,23+,24-,25+;;;/m010.../s1. The molecule has 125 heavy (non-hydrogen) atoms. The zero-order valence-corrected chi connectivity index (χ0v) is 79.0. The molecule has 6 aromatic rings. The normalized spacial score (nSPS) is 31.2. The summed E-state index contributed by atoms with van der Waals surface area (Å²) in [6, 6.07) is 18.2. The Morgan fingerprint density at radius 1 is 0.408 bits per heavy atom. The first-order chi connectivity index (χ1) is 58.4. The number of benzene rings is 3. The number of rotatable bonds is 5. The number of carbonyl (C=O) groups excluding carboxylic acids is 9. The average Bonchev–Trinajstić information content (AvgIpc) is 1.60. The Balaban J connectivity index is 0.000000180. The number of ether oxygens (including phenoxy) is 6. The van der Waals surface area contributed by atoms with Crippen LogP contribution in [0, 0.1) is 63.6 Å². The molecule has 10 aliphatic rings. The molecule has 20 atom stereocenters. The zero-order chi connectivity index (χ0) is 86.7. The number of hydrogen-bond acceptors (Lipinski definition) is 21. The molecule has 6 amide bonds. The van der Waals surface area contributed by atoms with Gasteiger partial charge in [0.1, 0.15) is 71.3 Å². The molecule has 16 rings (SSSR count). The maximum absolute atomic E-state index is 14.1. The second kappa shape index (κ2) is 41.7. The van der Waals surface area contributed by atoms with Crippen LogP contribution < -0.4 is 30.2 Å². The second-order valence-electron chi connectivity index (χ2n) is 39.4. The first-order valence-electron chi connectivity index (χ1n) is 45.1. The summed E-state index contributed by atoms with van der Waals surface area (Å²) >= 11 is 0. The third-order valence-electron chi connectivity index (χ3n) is 27.6. The molecule has 3 aromatic carbocycles. The Labute approximate surface area is 771 Å². The van der Waals surface area contributed by atoms with E-state index in [4.69, 9.17) is 58.3 Å². The Morgan fingerprint density at radius 3 is 1.18 bits per heavy atom. The van der Waals surface area contributed by atoms with E-state index in [-0.39, 0.29) is 129 Å². The van der Waals surface area contributed by atoms with Crippen LogP contribution in [0.5, 0.6) is 17.6 Å². The van der Waals surface area contributed by atoms with E-state index in [1.807, 2.05) is 169 Å². The third kappa shape index (κ3) is 22.5.